The van der Waals surface area contributed by atoms with Crippen LogP contribution in [0.3, 0.4) is 0 Å². The first-order valence-corrected chi connectivity index (χ1v) is 6.77. The Morgan fingerprint density at radius 2 is 1.14 bits per heavy atom. The molecule has 0 saturated carbocycles. The topological polar surface area (TPSA) is 107 Å². The van der Waals surface area contributed by atoms with Crippen LogP contribution in [0.2, 0.25) is 0 Å². The molecule has 1 N–H and O–H groups in total. The quantitative estimate of drug-likeness (QED) is 0.551. The maximum Gasteiger partial charge on any atom is 0.343 e. The number of carbonyl (C=O) groups excluding carboxylic acids is 4. The van der Waals surface area contributed by atoms with E-state index in [1.54, 1.807) is 27.7 Å². The highest BCUT2D eigenvalue weighted by atomic mass is 16.6. The van der Waals surface area contributed by atoms with Crippen molar-refractivity contribution in [1.29, 1.82) is 0 Å². The molecule has 1 unspecified atom stereocenters. The number of aliphatic hydroxyl groups is 1. The van der Waals surface area contributed by atoms with Crippen LogP contribution in [0.4, 0.5) is 0 Å². The van der Waals surface area contributed by atoms with E-state index in [2.05, 4.69) is 9.47 Å². The van der Waals surface area contributed by atoms with Crippen molar-refractivity contribution in [2.45, 2.75) is 53.1 Å². The zero-order valence-corrected chi connectivity index (χ0v) is 12.8. The third-order valence-corrected chi connectivity index (χ3v) is 2.22. The summed E-state index contributed by atoms with van der Waals surface area (Å²) < 4.78 is 8.79. The summed E-state index contributed by atoms with van der Waals surface area (Å²) in [6.45, 7) is 7.08. The number of ether oxygens (including phenoxy) is 2. The van der Waals surface area contributed by atoms with Gasteiger partial charge in [0, 0.05) is 12.8 Å². The standard InChI is InChI=1S/C14H22O7/c1-8(2)5-11(16)20-13(18)7-10(15)14(19)21-12(17)6-9(3)4/h8-10,15H,5-7H2,1-4H3. The van der Waals surface area contributed by atoms with Gasteiger partial charge in [-0.25, -0.2) is 4.79 Å². The molecule has 0 rings (SSSR count). The second kappa shape index (κ2) is 9.23. The third kappa shape index (κ3) is 9.73. The van der Waals surface area contributed by atoms with Gasteiger partial charge in [0.2, 0.25) is 0 Å². The number of hydrogen-bond acceptors (Lipinski definition) is 7. The van der Waals surface area contributed by atoms with Crippen LogP contribution < -0.4 is 0 Å². The molecule has 0 radical (unpaired) electrons. The minimum atomic E-state index is -1.83. The lowest BCUT2D eigenvalue weighted by atomic mass is 10.1. The van der Waals surface area contributed by atoms with Crippen LogP contribution in [-0.2, 0) is 28.7 Å². The highest BCUT2D eigenvalue weighted by Crippen LogP contribution is 2.06. The second-order valence-corrected chi connectivity index (χ2v) is 5.56. The van der Waals surface area contributed by atoms with E-state index in [9.17, 15) is 24.3 Å². The molecule has 0 spiro atoms. The minimum absolute atomic E-state index is 0.000984. The Labute approximate surface area is 123 Å². The van der Waals surface area contributed by atoms with Crippen molar-refractivity contribution in [1.82, 2.24) is 0 Å². The highest BCUT2D eigenvalue weighted by Gasteiger charge is 2.25. The van der Waals surface area contributed by atoms with Crippen LogP contribution in [0.15, 0.2) is 0 Å². The normalized spacial score (nSPS) is 12.1. The predicted octanol–water partition coefficient (Wildman–Crippen LogP) is 0.969. The fraction of sp³-hybridized carbons (Fsp3) is 0.714. The van der Waals surface area contributed by atoms with Crippen LogP contribution in [-0.4, -0.2) is 35.1 Å². The molecule has 0 aliphatic heterocycles. The molecule has 0 saturated heterocycles. The van der Waals surface area contributed by atoms with E-state index in [0.29, 0.717) is 0 Å². The monoisotopic (exact) mass is 302 g/mol. The van der Waals surface area contributed by atoms with E-state index in [1.165, 1.54) is 0 Å². The lowest BCUT2D eigenvalue weighted by molar-refractivity contribution is -0.171. The number of rotatable bonds is 7. The lowest BCUT2D eigenvalue weighted by Gasteiger charge is -2.10. The van der Waals surface area contributed by atoms with Gasteiger partial charge in [0.15, 0.2) is 6.10 Å². The molecule has 0 bridgehead atoms. The second-order valence-electron chi connectivity index (χ2n) is 5.56. The van der Waals surface area contributed by atoms with Gasteiger partial charge in [-0.05, 0) is 11.8 Å². The average molecular weight is 302 g/mol. The van der Waals surface area contributed by atoms with Crippen LogP contribution in [0.25, 0.3) is 0 Å². The largest absolute Gasteiger partial charge is 0.393 e. The average Bonchev–Trinajstić information content (AvgIpc) is 2.25. The molecule has 1 atom stereocenters. The zero-order chi connectivity index (χ0) is 16.6. The molecular formula is C14H22O7. The summed E-state index contributed by atoms with van der Waals surface area (Å²) in [5.74, 6) is -3.75. The summed E-state index contributed by atoms with van der Waals surface area (Å²) >= 11 is 0. The van der Waals surface area contributed by atoms with Crippen LogP contribution in [0, 0.1) is 11.8 Å². The predicted molar refractivity (Wildman–Crippen MR) is 71.7 cm³/mol. The summed E-state index contributed by atoms with van der Waals surface area (Å²) in [7, 11) is 0. The van der Waals surface area contributed by atoms with Gasteiger partial charge in [-0.15, -0.1) is 0 Å². The Balaban J connectivity index is 4.19. The SMILES string of the molecule is CC(C)CC(=O)OC(=O)CC(O)C(=O)OC(=O)CC(C)C. The molecule has 0 aliphatic rings. The molecule has 7 nitrogen and oxygen atoms in total. The molecule has 0 fully saturated rings. The fourth-order valence-electron chi connectivity index (χ4n) is 1.34. The Morgan fingerprint density at radius 3 is 1.57 bits per heavy atom. The van der Waals surface area contributed by atoms with E-state index in [1.807, 2.05) is 0 Å². The Morgan fingerprint density at radius 1 is 0.762 bits per heavy atom. The van der Waals surface area contributed by atoms with Crippen LogP contribution in [0.5, 0.6) is 0 Å². The molecule has 0 aromatic heterocycles. The summed E-state index contributed by atoms with van der Waals surface area (Å²) in [6, 6.07) is 0. The van der Waals surface area contributed by atoms with Gasteiger partial charge in [0.05, 0.1) is 6.42 Å². The van der Waals surface area contributed by atoms with Gasteiger partial charge in [-0.3, -0.25) is 14.4 Å². The molecule has 0 amide bonds. The van der Waals surface area contributed by atoms with Crippen molar-refractivity contribution in [2.24, 2.45) is 11.8 Å². The lowest BCUT2D eigenvalue weighted by Crippen LogP contribution is -2.30. The van der Waals surface area contributed by atoms with Crippen LogP contribution >= 0.6 is 0 Å². The summed E-state index contributed by atoms with van der Waals surface area (Å²) in [5.41, 5.74) is 0. The summed E-state index contributed by atoms with van der Waals surface area (Å²) in [6.07, 6.45) is -2.49. The van der Waals surface area contributed by atoms with Crippen molar-refractivity contribution in [3.05, 3.63) is 0 Å². The first kappa shape index (κ1) is 19.2. The summed E-state index contributed by atoms with van der Waals surface area (Å²) in [5, 5.41) is 9.43. The maximum absolute atomic E-state index is 11.3. The highest BCUT2D eigenvalue weighted by molar-refractivity contribution is 5.92. The molecule has 0 aromatic carbocycles. The molecule has 0 heterocycles. The van der Waals surface area contributed by atoms with Gasteiger partial charge in [0.25, 0.3) is 0 Å². The fourth-order valence-corrected chi connectivity index (χ4v) is 1.34. The van der Waals surface area contributed by atoms with E-state index < -0.39 is 36.4 Å². The smallest absolute Gasteiger partial charge is 0.343 e. The minimum Gasteiger partial charge on any atom is -0.393 e. The van der Waals surface area contributed by atoms with Gasteiger partial charge in [-0.1, -0.05) is 27.7 Å². The molecule has 120 valence electrons. The van der Waals surface area contributed by atoms with Crippen molar-refractivity contribution in [3.63, 3.8) is 0 Å². The number of hydrogen-bond donors (Lipinski definition) is 1. The van der Waals surface area contributed by atoms with Crippen molar-refractivity contribution < 1.29 is 33.8 Å². The molecule has 0 aliphatic carbocycles. The van der Waals surface area contributed by atoms with Crippen LogP contribution in [0.1, 0.15) is 47.0 Å². The Hall–Kier alpha value is -1.76. The Bertz CT molecular complexity index is 398. The maximum atomic E-state index is 11.3. The zero-order valence-electron chi connectivity index (χ0n) is 12.8. The third-order valence-electron chi connectivity index (χ3n) is 2.22. The molecule has 21 heavy (non-hydrogen) atoms. The number of carbonyl (C=O) groups is 4. The number of esters is 4. The van der Waals surface area contributed by atoms with Gasteiger partial charge < -0.3 is 14.6 Å². The van der Waals surface area contributed by atoms with Gasteiger partial charge >= 0.3 is 23.9 Å². The van der Waals surface area contributed by atoms with Crippen molar-refractivity contribution in [3.8, 4) is 0 Å². The van der Waals surface area contributed by atoms with E-state index in [0.717, 1.165) is 0 Å². The van der Waals surface area contributed by atoms with Gasteiger partial charge in [-0.2, -0.15) is 0 Å². The Kier molecular flexibility index (Phi) is 8.45. The first-order valence-electron chi connectivity index (χ1n) is 6.77. The summed E-state index contributed by atoms with van der Waals surface area (Å²) in [4.78, 5) is 45.1. The first-order chi connectivity index (χ1) is 9.61. The number of aliphatic hydroxyl groups excluding tert-OH is 1. The van der Waals surface area contributed by atoms with E-state index >= 15 is 0 Å². The van der Waals surface area contributed by atoms with E-state index in [4.69, 9.17) is 0 Å². The molecular weight excluding hydrogens is 280 g/mol. The van der Waals surface area contributed by atoms with E-state index in [-0.39, 0.29) is 24.7 Å². The van der Waals surface area contributed by atoms with Gasteiger partial charge in [0.1, 0.15) is 0 Å². The molecule has 0 aromatic rings. The van der Waals surface area contributed by atoms with Crippen molar-refractivity contribution in [2.75, 3.05) is 0 Å². The van der Waals surface area contributed by atoms with Crippen molar-refractivity contribution >= 4 is 23.9 Å². The molecule has 7 heteroatoms.